The van der Waals surface area contributed by atoms with Crippen LogP contribution in [-0.4, -0.2) is 17.7 Å². The maximum Gasteiger partial charge on any atom is 0.372 e. The molecule has 0 aliphatic carbocycles. The normalized spacial score (nSPS) is 11.2. The van der Waals surface area contributed by atoms with Gasteiger partial charge in [0, 0.05) is 10.9 Å². The van der Waals surface area contributed by atoms with Crippen molar-refractivity contribution in [1.29, 1.82) is 0 Å². The van der Waals surface area contributed by atoms with E-state index in [1.807, 2.05) is 13.0 Å². The number of carboxylic acid groups (broad SMARTS) is 1. The summed E-state index contributed by atoms with van der Waals surface area (Å²) in [5.74, 6) is 0.106. The Morgan fingerprint density at radius 3 is 2.74 bits per heavy atom. The summed E-state index contributed by atoms with van der Waals surface area (Å²) >= 11 is 0. The molecule has 4 heteroatoms. The Morgan fingerprint density at radius 1 is 1.42 bits per heavy atom. The number of hydrogen-bond acceptors (Lipinski definition) is 3. The first-order valence-electron chi connectivity index (χ1n) is 6.44. The van der Waals surface area contributed by atoms with Crippen molar-refractivity contribution in [2.75, 3.05) is 6.61 Å². The van der Waals surface area contributed by atoms with Crippen LogP contribution in [0.2, 0.25) is 0 Å². The molecule has 0 atom stereocenters. The van der Waals surface area contributed by atoms with E-state index in [0.717, 1.165) is 16.7 Å². The average Bonchev–Trinajstić information content (AvgIpc) is 2.68. The molecule has 0 fully saturated rings. The van der Waals surface area contributed by atoms with Gasteiger partial charge in [0.25, 0.3) is 0 Å². The largest absolute Gasteiger partial charge is 0.494 e. The second kappa shape index (κ2) is 5.34. The Morgan fingerprint density at radius 2 is 2.16 bits per heavy atom. The van der Waals surface area contributed by atoms with Crippen LogP contribution in [-0.2, 0) is 6.42 Å². The van der Waals surface area contributed by atoms with Gasteiger partial charge < -0.3 is 14.3 Å². The van der Waals surface area contributed by atoms with E-state index in [1.165, 1.54) is 0 Å². The second-order valence-electron chi connectivity index (χ2n) is 4.90. The summed E-state index contributed by atoms with van der Waals surface area (Å²) in [5.41, 5.74) is 1.34. The monoisotopic (exact) mass is 262 g/mol. The molecular formula is C15H18O4. The highest BCUT2D eigenvalue weighted by atomic mass is 16.5. The molecule has 102 valence electrons. The lowest BCUT2D eigenvalue weighted by Gasteiger charge is -2.05. The van der Waals surface area contributed by atoms with Crippen molar-refractivity contribution in [2.24, 2.45) is 5.92 Å². The average molecular weight is 262 g/mol. The van der Waals surface area contributed by atoms with Crippen LogP contribution in [0.1, 0.15) is 36.9 Å². The van der Waals surface area contributed by atoms with Crippen LogP contribution < -0.4 is 4.74 Å². The zero-order chi connectivity index (χ0) is 14.0. The van der Waals surface area contributed by atoms with Gasteiger partial charge in [0.2, 0.25) is 5.76 Å². The molecule has 1 aromatic heterocycles. The van der Waals surface area contributed by atoms with Gasteiger partial charge >= 0.3 is 5.97 Å². The fourth-order valence-electron chi connectivity index (χ4n) is 2.17. The number of furan rings is 1. The third-order valence-electron chi connectivity index (χ3n) is 2.88. The van der Waals surface area contributed by atoms with Crippen molar-refractivity contribution in [3.05, 3.63) is 29.5 Å². The standard InChI is InChI=1S/C15H18O4/c1-4-18-10-5-6-13-11(8-10)12(7-9(2)3)14(19-13)15(16)17/h5-6,8-9H,4,7H2,1-3H3,(H,16,17). The van der Waals surface area contributed by atoms with E-state index in [9.17, 15) is 9.90 Å². The van der Waals surface area contributed by atoms with Gasteiger partial charge in [0.15, 0.2) is 0 Å². The molecule has 1 N–H and O–H groups in total. The Labute approximate surface area is 112 Å². The van der Waals surface area contributed by atoms with Crippen molar-refractivity contribution in [2.45, 2.75) is 27.2 Å². The van der Waals surface area contributed by atoms with Crippen LogP contribution in [0.3, 0.4) is 0 Å². The van der Waals surface area contributed by atoms with Crippen LogP contribution in [0.25, 0.3) is 11.0 Å². The van der Waals surface area contributed by atoms with Crippen LogP contribution in [0.4, 0.5) is 0 Å². The molecule has 2 aromatic rings. The number of hydrogen-bond donors (Lipinski definition) is 1. The Balaban J connectivity index is 2.59. The molecule has 0 bridgehead atoms. The van der Waals surface area contributed by atoms with Crippen molar-refractivity contribution in [1.82, 2.24) is 0 Å². The molecule has 19 heavy (non-hydrogen) atoms. The molecule has 4 nitrogen and oxygen atoms in total. The van der Waals surface area contributed by atoms with E-state index in [-0.39, 0.29) is 5.76 Å². The third-order valence-corrected chi connectivity index (χ3v) is 2.88. The van der Waals surface area contributed by atoms with E-state index in [2.05, 4.69) is 13.8 Å². The maximum atomic E-state index is 11.3. The summed E-state index contributed by atoms with van der Waals surface area (Å²) in [5, 5.41) is 10.1. The van der Waals surface area contributed by atoms with Crippen LogP contribution in [0.15, 0.2) is 22.6 Å². The first-order chi connectivity index (χ1) is 9.02. The minimum atomic E-state index is -1.02. The van der Waals surface area contributed by atoms with Gasteiger partial charge in [-0.1, -0.05) is 13.8 Å². The quantitative estimate of drug-likeness (QED) is 0.892. The van der Waals surface area contributed by atoms with Crippen LogP contribution in [0.5, 0.6) is 5.75 Å². The summed E-state index contributed by atoms with van der Waals surface area (Å²) in [6.45, 7) is 6.60. The number of ether oxygens (including phenoxy) is 1. The number of benzene rings is 1. The van der Waals surface area contributed by atoms with Gasteiger partial charge in [-0.25, -0.2) is 4.79 Å². The lowest BCUT2D eigenvalue weighted by Crippen LogP contribution is -2.02. The smallest absolute Gasteiger partial charge is 0.372 e. The van der Waals surface area contributed by atoms with E-state index in [4.69, 9.17) is 9.15 Å². The van der Waals surface area contributed by atoms with E-state index in [0.29, 0.717) is 24.5 Å². The number of carbonyl (C=O) groups is 1. The van der Waals surface area contributed by atoms with Crippen molar-refractivity contribution in [3.8, 4) is 5.75 Å². The second-order valence-corrected chi connectivity index (χ2v) is 4.90. The van der Waals surface area contributed by atoms with Gasteiger partial charge in [0.05, 0.1) is 6.61 Å². The molecule has 0 unspecified atom stereocenters. The molecule has 0 radical (unpaired) electrons. The molecule has 0 aliphatic heterocycles. The lowest BCUT2D eigenvalue weighted by molar-refractivity contribution is 0.0663. The fraction of sp³-hybridized carbons (Fsp3) is 0.400. The first-order valence-corrected chi connectivity index (χ1v) is 6.44. The molecule has 0 aliphatic rings. The Kier molecular flexibility index (Phi) is 3.79. The highest BCUT2D eigenvalue weighted by molar-refractivity contribution is 5.95. The zero-order valence-electron chi connectivity index (χ0n) is 11.4. The number of rotatable bonds is 5. The topological polar surface area (TPSA) is 59.7 Å². The van der Waals surface area contributed by atoms with Gasteiger partial charge in [-0.05, 0) is 37.5 Å². The molecule has 1 heterocycles. The summed E-state index contributed by atoms with van der Waals surface area (Å²) in [4.78, 5) is 11.3. The number of fused-ring (bicyclic) bond motifs is 1. The summed E-state index contributed by atoms with van der Waals surface area (Å²) in [7, 11) is 0. The Bertz CT molecular complexity index is 595. The highest BCUT2D eigenvalue weighted by Gasteiger charge is 2.20. The molecule has 0 spiro atoms. The summed E-state index contributed by atoms with van der Waals surface area (Å²) < 4.78 is 10.9. The molecule has 0 saturated carbocycles. The zero-order valence-corrected chi connectivity index (χ0v) is 11.4. The van der Waals surface area contributed by atoms with Crippen LogP contribution in [0, 0.1) is 5.92 Å². The third kappa shape index (κ3) is 2.72. The van der Waals surface area contributed by atoms with Crippen molar-refractivity contribution < 1.29 is 19.1 Å². The maximum absolute atomic E-state index is 11.3. The SMILES string of the molecule is CCOc1ccc2oc(C(=O)O)c(CC(C)C)c2c1. The van der Waals surface area contributed by atoms with Gasteiger partial charge in [-0.2, -0.15) is 0 Å². The van der Waals surface area contributed by atoms with Gasteiger partial charge in [-0.3, -0.25) is 0 Å². The van der Waals surface area contributed by atoms with E-state index >= 15 is 0 Å². The van der Waals surface area contributed by atoms with Crippen molar-refractivity contribution >= 4 is 16.9 Å². The first kappa shape index (κ1) is 13.5. The minimum absolute atomic E-state index is 0.0392. The molecule has 0 saturated heterocycles. The van der Waals surface area contributed by atoms with Crippen molar-refractivity contribution in [3.63, 3.8) is 0 Å². The van der Waals surface area contributed by atoms with E-state index < -0.39 is 5.97 Å². The Hall–Kier alpha value is -1.97. The van der Waals surface area contributed by atoms with Gasteiger partial charge in [0.1, 0.15) is 11.3 Å². The minimum Gasteiger partial charge on any atom is -0.494 e. The summed E-state index contributed by atoms with van der Waals surface area (Å²) in [6, 6.07) is 5.41. The molecule has 2 rings (SSSR count). The highest BCUT2D eigenvalue weighted by Crippen LogP contribution is 2.31. The molecule has 0 amide bonds. The predicted octanol–water partition coefficient (Wildman–Crippen LogP) is 3.73. The number of aromatic carboxylic acids is 1. The molecule has 1 aromatic carbocycles. The number of carboxylic acids is 1. The summed E-state index contributed by atoms with van der Waals surface area (Å²) in [6.07, 6.45) is 0.671. The molecular weight excluding hydrogens is 244 g/mol. The van der Waals surface area contributed by atoms with Gasteiger partial charge in [-0.15, -0.1) is 0 Å². The predicted molar refractivity (Wildman–Crippen MR) is 72.9 cm³/mol. The van der Waals surface area contributed by atoms with E-state index in [1.54, 1.807) is 12.1 Å². The fourth-order valence-corrected chi connectivity index (χ4v) is 2.17. The lowest BCUT2D eigenvalue weighted by atomic mass is 9.99. The van der Waals surface area contributed by atoms with Crippen LogP contribution >= 0.6 is 0 Å².